The van der Waals surface area contributed by atoms with Gasteiger partial charge in [0.1, 0.15) is 18.1 Å². The van der Waals surface area contributed by atoms with Crippen LogP contribution in [0.3, 0.4) is 0 Å². The molecule has 0 spiro atoms. The summed E-state index contributed by atoms with van der Waals surface area (Å²) in [6, 6.07) is 7.59. The second kappa shape index (κ2) is 10.4. The van der Waals surface area contributed by atoms with E-state index in [4.69, 9.17) is 32.7 Å². The molecule has 2 N–H and O–H groups in total. The summed E-state index contributed by atoms with van der Waals surface area (Å²) in [6.45, 7) is 1.36. The Hall–Kier alpha value is -4.02. The smallest absolute Gasteiger partial charge is 0.347 e. The van der Waals surface area contributed by atoms with Crippen LogP contribution in [0.1, 0.15) is 39.6 Å². The Balaban J connectivity index is 1.75. The largest absolute Gasteiger partial charge is 0.506 e. The first-order valence-corrected chi connectivity index (χ1v) is 12.1. The minimum absolute atomic E-state index is 0.0259. The van der Waals surface area contributed by atoms with Crippen LogP contribution in [0.25, 0.3) is 21.8 Å². The predicted octanol–water partition coefficient (Wildman–Crippen LogP) is 4.03. The molecule has 0 saturated heterocycles. The van der Waals surface area contributed by atoms with Crippen LogP contribution >= 0.6 is 23.2 Å². The van der Waals surface area contributed by atoms with Crippen LogP contribution in [0.4, 0.5) is 0 Å². The summed E-state index contributed by atoms with van der Waals surface area (Å²) in [5, 5.41) is 21.7. The molecule has 0 unspecified atom stereocenters. The quantitative estimate of drug-likeness (QED) is 0.337. The number of aromatic hydroxyl groups is 2. The zero-order valence-corrected chi connectivity index (χ0v) is 22.0. The first-order valence-electron chi connectivity index (χ1n) is 11.4. The van der Waals surface area contributed by atoms with E-state index in [2.05, 4.69) is 0 Å². The molecule has 0 aliphatic heterocycles. The van der Waals surface area contributed by atoms with Crippen LogP contribution in [0.2, 0.25) is 10.0 Å². The molecule has 0 amide bonds. The van der Waals surface area contributed by atoms with Gasteiger partial charge in [-0.1, -0.05) is 42.3 Å². The van der Waals surface area contributed by atoms with Crippen molar-refractivity contribution in [3.05, 3.63) is 77.8 Å². The number of fused-ring (bicyclic) bond motifs is 2. The number of rotatable bonds is 6. The Kier molecular flexibility index (Phi) is 7.39. The van der Waals surface area contributed by atoms with Gasteiger partial charge >= 0.3 is 11.9 Å². The molecule has 198 valence electrons. The van der Waals surface area contributed by atoms with Crippen molar-refractivity contribution in [3.8, 4) is 11.5 Å². The maximum absolute atomic E-state index is 12.9. The minimum Gasteiger partial charge on any atom is -0.506 e. The molecule has 12 heteroatoms. The standard InChI is InChI=1S/C26H22Cl2N2O8/c1-4-10-37-25(35)19-22(32)17-15(30(3)24(19)34)9-8-12(20(17)28)11-38-26(36)18-21(31)16-13(27)6-5-7-14(16)29(2)23(18)33/h5-9,31-32H,4,10-11H2,1-3H3. The van der Waals surface area contributed by atoms with Crippen molar-refractivity contribution in [2.24, 2.45) is 14.1 Å². The van der Waals surface area contributed by atoms with Crippen molar-refractivity contribution in [2.45, 2.75) is 20.0 Å². The lowest BCUT2D eigenvalue weighted by molar-refractivity contribution is 0.0465. The van der Waals surface area contributed by atoms with Gasteiger partial charge in [-0.2, -0.15) is 0 Å². The first-order chi connectivity index (χ1) is 18.0. The molecular formula is C26H22Cl2N2O8. The van der Waals surface area contributed by atoms with Crippen LogP contribution in [0.15, 0.2) is 39.9 Å². The number of carbonyl (C=O) groups is 2. The Labute approximate surface area is 225 Å². The second-order valence-corrected chi connectivity index (χ2v) is 9.24. The Morgan fingerprint density at radius 1 is 0.842 bits per heavy atom. The van der Waals surface area contributed by atoms with Gasteiger partial charge in [-0.3, -0.25) is 9.59 Å². The molecule has 0 bridgehead atoms. The van der Waals surface area contributed by atoms with Gasteiger partial charge in [0.25, 0.3) is 11.1 Å². The van der Waals surface area contributed by atoms with Crippen LogP contribution < -0.4 is 11.1 Å². The maximum atomic E-state index is 12.9. The zero-order chi connectivity index (χ0) is 27.9. The highest BCUT2D eigenvalue weighted by Crippen LogP contribution is 2.36. The van der Waals surface area contributed by atoms with Gasteiger partial charge in [-0.05, 0) is 24.6 Å². The molecule has 4 rings (SSSR count). The van der Waals surface area contributed by atoms with Gasteiger partial charge in [0.05, 0.1) is 38.5 Å². The van der Waals surface area contributed by atoms with E-state index in [0.29, 0.717) is 11.9 Å². The topological polar surface area (TPSA) is 137 Å². The number of halogens is 2. The molecule has 38 heavy (non-hydrogen) atoms. The van der Waals surface area contributed by atoms with E-state index in [9.17, 15) is 29.4 Å². The van der Waals surface area contributed by atoms with Gasteiger partial charge < -0.3 is 28.8 Å². The van der Waals surface area contributed by atoms with E-state index < -0.39 is 52.3 Å². The molecule has 0 fully saturated rings. The molecule has 10 nitrogen and oxygen atoms in total. The van der Waals surface area contributed by atoms with E-state index in [-0.39, 0.29) is 38.5 Å². The summed E-state index contributed by atoms with van der Waals surface area (Å²) < 4.78 is 12.6. The number of aryl methyl sites for hydroxylation is 2. The summed E-state index contributed by atoms with van der Waals surface area (Å²) in [5.41, 5.74) is -2.02. The van der Waals surface area contributed by atoms with E-state index in [0.717, 1.165) is 9.13 Å². The lowest BCUT2D eigenvalue weighted by atomic mass is 10.1. The Morgan fingerprint density at radius 2 is 1.39 bits per heavy atom. The van der Waals surface area contributed by atoms with E-state index in [1.165, 1.54) is 32.3 Å². The molecule has 0 aliphatic carbocycles. The van der Waals surface area contributed by atoms with Crippen LogP contribution in [0.5, 0.6) is 11.5 Å². The van der Waals surface area contributed by atoms with Gasteiger partial charge in [0.2, 0.25) is 0 Å². The lowest BCUT2D eigenvalue weighted by Crippen LogP contribution is -2.26. The fourth-order valence-corrected chi connectivity index (χ4v) is 4.67. The first kappa shape index (κ1) is 27.0. The Bertz CT molecular complexity index is 1760. The van der Waals surface area contributed by atoms with Crippen LogP contribution in [-0.2, 0) is 30.2 Å². The van der Waals surface area contributed by atoms with Gasteiger partial charge in [-0.25, -0.2) is 9.59 Å². The highest BCUT2D eigenvalue weighted by Gasteiger charge is 2.26. The van der Waals surface area contributed by atoms with Crippen LogP contribution in [0, 0.1) is 0 Å². The number of pyridine rings is 2. The highest BCUT2D eigenvalue weighted by molar-refractivity contribution is 6.37. The van der Waals surface area contributed by atoms with E-state index in [1.54, 1.807) is 19.1 Å². The molecule has 2 aromatic carbocycles. The number of ether oxygens (including phenoxy) is 2. The van der Waals surface area contributed by atoms with Crippen molar-refractivity contribution in [3.63, 3.8) is 0 Å². The van der Waals surface area contributed by atoms with Crippen molar-refractivity contribution in [2.75, 3.05) is 6.61 Å². The van der Waals surface area contributed by atoms with E-state index in [1.807, 2.05) is 0 Å². The predicted molar refractivity (Wildman–Crippen MR) is 141 cm³/mol. The molecule has 0 radical (unpaired) electrons. The van der Waals surface area contributed by atoms with Crippen molar-refractivity contribution >= 4 is 56.9 Å². The van der Waals surface area contributed by atoms with Crippen LogP contribution in [-0.4, -0.2) is 37.9 Å². The molecule has 0 saturated carbocycles. The zero-order valence-electron chi connectivity index (χ0n) is 20.5. The number of hydrogen-bond acceptors (Lipinski definition) is 8. The summed E-state index contributed by atoms with van der Waals surface area (Å²) in [4.78, 5) is 50.9. The fourth-order valence-electron chi connectivity index (χ4n) is 4.11. The number of carbonyl (C=O) groups excluding carboxylic acids is 2. The van der Waals surface area contributed by atoms with Crippen molar-refractivity contribution in [1.82, 2.24) is 9.13 Å². The highest BCUT2D eigenvalue weighted by atomic mass is 35.5. The third-order valence-electron chi connectivity index (χ3n) is 6.10. The number of nitrogens with zero attached hydrogens (tertiary/aromatic N) is 2. The number of hydrogen-bond donors (Lipinski definition) is 2. The monoisotopic (exact) mass is 560 g/mol. The number of benzene rings is 2. The van der Waals surface area contributed by atoms with Gasteiger partial charge in [-0.15, -0.1) is 0 Å². The molecular weight excluding hydrogens is 539 g/mol. The van der Waals surface area contributed by atoms with Crippen molar-refractivity contribution < 1.29 is 29.3 Å². The van der Waals surface area contributed by atoms with Gasteiger partial charge in [0, 0.05) is 19.7 Å². The Morgan fingerprint density at radius 3 is 2.00 bits per heavy atom. The number of esters is 2. The third kappa shape index (κ3) is 4.35. The number of aromatic nitrogens is 2. The average Bonchev–Trinajstić information content (AvgIpc) is 2.88. The van der Waals surface area contributed by atoms with E-state index >= 15 is 0 Å². The third-order valence-corrected chi connectivity index (χ3v) is 6.85. The SMILES string of the molecule is CCCOC(=O)c1c(O)c2c(Cl)c(COC(=O)c3c(O)c4c(Cl)cccc4n(C)c3=O)ccc2n(C)c1=O. The summed E-state index contributed by atoms with van der Waals surface area (Å²) >= 11 is 12.7. The fraction of sp³-hybridized carbons (Fsp3) is 0.231. The molecule has 4 aromatic rings. The molecule has 2 heterocycles. The van der Waals surface area contributed by atoms with Crippen molar-refractivity contribution in [1.29, 1.82) is 0 Å². The average molecular weight is 561 g/mol. The normalized spacial score (nSPS) is 11.2. The summed E-state index contributed by atoms with van der Waals surface area (Å²) in [7, 11) is 2.83. The summed E-state index contributed by atoms with van der Waals surface area (Å²) in [5.74, 6) is -3.42. The molecule has 2 aromatic heterocycles. The molecule has 0 aliphatic rings. The van der Waals surface area contributed by atoms with Gasteiger partial charge in [0.15, 0.2) is 11.1 Å². The lowest BCUT2D eigenvalue weighted by Gasteiger charge is -2.15. The second-order valence-electron chi connectivity index (χ2n) is 8.45. The summed E-state index contributed by atoms with van der Waals surface area (Å²) in [6.07, 6.45) is 0.513. The minimum atomic E-state index is -1.13. The molecule has 0 atom stereocenters. The maximum Gasteiger partial charge on any atom is 0.347 e.